The number of hydrogen-bond donors (Lipinski definition) is 1. The molecule has 0 fully saturated rings. The Labute approximate surface area is 144 Å². The van der Waals surface area contributed by atoms with E-state index in [1.54, 1.807) is 12.1 Å². The monoisotopic (exact) mass is 360 g/mol. The summed E-state index contributed by atoms with van der Waals surface area (Å²) in [6, 6.07) is 14.0. The highest BCUT2D eigenvalue weighted by Gasteiger charge is 2.12. The van der Waals surface area contributed by atoms with E-state index in [9.17, 15) is 8.42 Å². The molecule has 0 spiro atoms. The van der Waals surface area contributed by atoms with E-state index in [4.69, 9.17) is 11.6 Å². The van der Waals surface area contributed by atoms with Gasteiger partial charge in [0.25, 0.3) is 10.0 Å². The van der Waals surface area contributed by atoms with Gasteiger partial charge < -0.3 is 0 Å². The topological polar surface area (TPSA) is 76.9 Å². The zero-order chi connectivity index (χ0) is 17.0. The van der Waals surface area contributed by atoms with Crippen molar-refractivity contribution >= 4 is 33.4 Å². The van der Waals surface area contributed by atoms with Crippen LogP contribution in [0.2, 0.25) is 5.02 Å². The van der Waals surface area contributed by atoms with E-state index in [0.29, 0.717) is 16.4 Å². The highest BCUT2D eigenvalue weighted by atomic mass is 35.5. The van der Waals surface area contributed by atoms with Gasteiger partial charge in [-0.2, -0.15) is 5.10 Å². The fourth-order valence-corrected chi connectivity index (χ4v) is 3.09. The van der Waals surface area contributed by atoms with Gasteiger partial charge in [0.1, 0.15) is 12.7 Å². The lowest BCUT2D eigenvalue weighted by Crippen LogP contribution is -2.11. The van der Waals surface area contributed by atoms with Gasteiger partial charge in [0, 0.05) is 5.02 Å². The van der Waals surface area contributed by atoms with Crippen molar-refractivity contribution in [2.75, 3.05) is 4.72 Å². The van der Waals surface area contributed by atoms with Crippen molar-refractivity contribution in [3.63, 3.8) is 0 Å². The van der Waals surface area contributed by atoms with Crippen molar-refractivity contribution < 1.29 is 8.42 Å². The molecule has 0 atom stereocenters. The average molecular weight is 361 g/mol. The van der Waals surface area contributed by atoms with Gasteiger partial charge in [-0.1, -0.05) is 41.9 Å². The van der Waals surface area contributed by atoms with Crippen LogP contribution in [-0.4, -0.2) is 23.2 Å². The predicted octanol–water partition coefficient (Wildman–Crippen LogP) is 3.33. The van der Waals surface area contributed by atoms with Crippen LogP contribution in [0, 0.1) is 0 Å². The second-order valence-corrected chi connectivity index (χ2v) is 6.86. The highest BCUT2D eigenvalue weighted by molar-refractivity contribution is 7.95. The zero-order valence-corrected chi connectivity index (χ0v) is 13.9. The second-order valence-electron chi connectivity index (χ2n) is 4.86. The minimum Gasteiger partial charge on any atom is -0.278 e. The maximum atomic E-state index is 12.3. The number of benzene rings is 2. The Bertz CT molecular complexity index is 955. The van der Waals surface area contributed by atoms with Gasteiger partial charge in [0.05, 0.1) is 16.8 Å². The first-order chi connectivity index (χ1) is 11.5. The van der Waals surface area contributed by atoms with Crippen LogP contribution in [0.25, 0.3) is 11.8 Å². The summed E-state index contributed by atoms with van der Waals surface area (Å²) in [7, 11) is -3.71. The van der Waals surface area contributed by atoms with Crippen molar-refractivity contribution in [3.8, 4) is 5.69 Å². The quantitative estimate of drug-likeness (QED) is 0.757. The Balaban J connectivity index is 1.90. The number of aromatic nitrogens is 3. The molecule has 2 aromatic carbocycles. The van der Waals surface area contributed by atoms with Crippen molar-refractivity contribution in [2.45, 2.75) is 0 Å². The molecule has 8 heteroatoms. The Morgan fingerprint density at radius 2 is 1.92 bits per heavy atom. The van der Waals surface area contributed by atoms with Crippen LogP contribution in [0.3, 0.4) is 0 Å². The van der Waals surface area contributed by atoms with Crippen LogP contribution in [0.15, 0.2) is 66.6 Å². The SMILES string of the molecule is O=S(=O)(/C=C/c1ccccc1)Nc1cc(Cl)ccc1-n1cncn1. The van der Waals surface area contributed by atoms with Crippen molar-refractivity contribution in [1.29, 1.82) is 0 Å². The largest absolute Gasteiger partial charge is 0.278 e. The van der Waals surface area contributed by atoms with E-state index in [-0.39, 0.29) is 0 Å². The molecule has 24 heavy (non-hydrogen) atoms. The normalized spacial score (nSPS) is 11.7. The molecule has 0 aliphatic carbocycles. The molecular formula is C16H13ClN4O2S. The molecule has 1 aromatic heterocycles. The maximum Gasteiger partial charge on any atom is 0.255 e. The van der Waals surface area contributed by atoms with Gasteiger partial charge >= 0.3 is 0 Å². The Morgan fingerprint density at radius 1 is 1.12 bits per heavy atom. The molecular weight excluding hydrogens is 348 g/mol. The van der Waals surface area contributed by atoms with Crippen LogP contribution in [-0.2, 0) is 10.0 Å². The number of hydrogen-bond acceptors (Lipinski definition) is 4. The van der Waals surface area contributed by atoms with Crippen molar-refractivity contribution in [1.82, 2.24) is 14.8 Å². The molecule has 0 aliphatic rings. The van der Waals surface area contributed by atoms with Crippen LogP contribution in [0.1, 0.15) is 5.56 Å². The molecule has 122 valence electrons. The Kier molecular flexibility index (Phi) is 4.64. The van der Waals surface area contributed by atoms with Crippen molar-refractivity contribution in [2.24, 2.45) is 0 Å². The van der Waals surface area contributed by atoms with Crippen LogP contribution in [0.4, 0.5) is 5.69 Å². The fraction of sp³-hybridized carbons (Fsp3) is 0. The first-order valence-electron chi connectivity index (χ1n) is 6.94. The van der Waals surface area contributed by atoms with E-state index in [1.807, 2.05) is 30.3 Å². The van der Waals surface area contributed by atoms with Gasteiger partial charge in [0.15, 0.2) is 0 Å². The number of nitrogens with zero attached hydrogens (tertiary/aromatic N) is 3. The molecule has 0 saturated carbocycles. The van der Waals surface area contributed by atoms with Gasteiger partial charge in [-0.3, -0.25) is 4.72 Å². The third-order valence-electron chi connectivity index (χ3n) is 3.12. The predicted molar refractivity (Wildman–Crippen MR) is 94.4 cm³/mol. The molecule has 0 bridgehead atoms. The number of sulfonamides is 1. The lowest BCUT2D eigenvalue weighted by Gasteiger charge is -2.11. The smallest absolute Gasteiger partial charge is 0.255 e. The fourth-order valence-electron chi connectivity index (χ4n) is 2.04. The molecule has 0 amide bonds. The summed E-state index contributed by atoms with van der Waals surface area (Å²) >= 11 is 5.98. The molecule has 1 heterocycles. The molecule has 3 aromatic rings. The van der Waals surface area contributed by atoms with Gasteiger partial charge in [0.2, 0.25) is 0 Å². The number of nitrogens with one attached hydrogen (secondary N) is 1. The third kappa shape index (κ3) is 4.01. The van der Waals surface area contributed by atoms with Crippen LogP contribution < -0.4 is 4.72 Å². The summed E-state index contributed by atoms with van der Waals surface area (Å²) in [5.74, 6) is 0. The second kappa shape index (κ2) is 6.86. The van der Waals surface area contributed by atoms with Crippen molar-refractivity contribution in [3.05, 3.63) is 77.2 Å². The number of halogens is 1. The summed E-state index contributed by atoms with van der Waals surface area (Å²) in [6.45, 7) is 0. The summed E-state index contributed by atoms with van der Waals surface area (Å²) in [6.07, 6.45) is 4.35. The molecule has 1 N–H and O–H groups in total. The Morgan fingerprint density at radius 3 is 2.62 bits per heavy atom. The maximum absolute atomic E-state index is 12.3. The van der Waals surface area contributed by atoms with E-state index < -0.39 is 10.0 Å². The van der Waals surface area contributed by atoms with E-state index >= 15 is 0 Å². The summed E-state index contributed by atoms with van der Waals surface area (Å²) in [4.78, 5) is 3.86. The van der Waals surface area contributed by atoms with Crippen LogP contribution in [0.5, 0.6) is 0 Å². The minimum atomic E-state index is -3.71. The first-order valence-corrected chi connectivity index (χ1v) is 8.86. The molecule has 6 nitrogen and oxygen atoms in total. The first kappa shape index (κ1) is 16.2. The summed E-state index contributed by atoms with van der Waals surface area (Å²) in [5, 5.41) is 5.52. The third-order valence-corrected chi connectivity index (χ3v) is 4.35. The number of anilines is 1. The molecule has 3 rings (SSSR count). The summed E-state index contributed by atoms with van der Waals surface area (Å²) in [5.41, 5.74) is 1.62. The van der Waals surface area contributed by atoms with Gasteiger partial charge in [-0.15, -0.1) is 0 Å². The zero-order valence-electron chi connectivity index (χ0n) is 12.4. The van der Waals surface area contributed by atoms with E-state index in [0.717, 1.165) is 11.0 Å². The molecule has 0 radical (unpaired) electrons. The van der Waals surface area contributed by atoms with Crippen LogP contribution >= 0.6 is 11.6 Å². The lowest BCUT2D eigenvalue weighted by atomic mass is 10.2. The summed E-state index contributed by atoms with van der Waals surface area (Å²) < 4.78 is 28.6. The molecule has 0 aliphatic heterocycles. The van der Waals surface area contributed by atoms with Gasteiger partial charge in [-0.25, -0.2) is 18.1 Å². The minimum absolute atomic E-state index is 0.311. The lowest BCUT2D eigenvalue weighted by molar-refractivity contribution is 0.609. The standard InChI is InChI=1S/C16H13ClN4O2S/c17-14-6-7-16(21-12-18-11-19-21)15(10-14)20-24(22,23)9-8-13-4-2-1-3-5-13/h1-12,20H/b9-8+. The highest BCUT2D eigenvalue weighted by Crippen LogP contribution is 2.25. The average Bonchev–Trinajstić information content (AvgIpc) is 3.08. The molecule has 0 unspecified atom stereocenters. The Hall–Kier alpha value is -2.64. The number of rotatable bonds is 5. The van der Waals surface area contributed by atoms with E-state index in [1.165, 1.54) is 29.5 Å². The van der Waals surface area contributed by atoms with E-state index in [2.05, 4.69) is 14.8 Å². The molecule has 0 saturated heterocycles. The van der Waals surface area contributed by atoms with Gasteiger partial charge in [-0.05, 0) is 29.8 Å².